The van der Waals surface area contributed by atoms with Crippen molar-refractivity contribution in [1.82, 2.24) is 0 Å². The van der Waals surface area contributed by atoms with Crippen molar-refractivity contribution in [1.29, 1.82) is 0 Å². The lowest BCUT2D eigenvalue weighted by Crippen LogP contribution is -2.05. The fourth-order valence-electron chi connectivity index (χ4n) is 1.96. The summed E-state index contributed by atoms with van der Waals surface area (Å²) < 4.78 is 10.5. The molecular weight excluding hydrogens is 292 g/mol. The van der Waals surface area contributed by atoms with Gasteiger partial charge in [0, 0.05) is 6.08 Å². The molecule has 0 unspecified atom stereocenters. The molecular formula is C19H18O4. The molecule has 2 rings (SSSR count). The van der Waals surface area contributed by atoms with Crippen LogP contribution in [0.25, 0.3) is 12.2 Å². The molecule has 0 fully saturated rings. The fourth-order valence-corrected chi connectivity index (χ4v) is 1.96. The van der Waals surface area contributed by atoms with E-state index in [4.69, 9.17) is 9.47 Å². The predicted octanol–water partition coefficient (Wildman–Crippen LogP) is 4.05. The maximum Gasteiger partial charge on any atom is 0.336 e. The molecule has 2 aromatic rings. The van der Waals surface area contributed by atoms with Crippen molar-refractivity contribution in [3.63, 3.8) is 0 Å². The van der Waals surface area contributed by atoms with Crippen molar-refractivity contribution in [2.75, 3.05) is 7.11 Å². The van der Waals surface area contributed by atoms with Crippen LogP contribution < -0.4 is 9.47 Å². The Labute approximate surface area is 135 Å². The molecule has 23 heavy (non-hydrogen) atoms. The first-order valence-corrected chi connectivity index (χ1v) is 7.12. The van der Waals surface area contributed by atoms with E-state index in [1.54, 1.807) is 42.5 Å². The third-order valence-corrected chi connectivity index (χ3v) is 3.06. The number of aromatic hydroxyl groups is 1. The van der Waals surface area contributed by atoms with Crippen molar-refractivity contribution in [3.05, 3.63) is 65.7 Å². The van der Waals surface area contributed by atoms with Gasteiger partial charge in [0.25, 0.3) is 0 Å². The van der Waals surface area contributed by atoms with Crippen LogP contribution in [0.3, 0.4) is 0 Å². The Morgan fingerprint density at radius 2 is 1.70 bits per heavy atom. The molecule has 0 radical (unpaired) electrons. The van der Waals surface area contributed by atoms with Crippen LogP contribution in [0.5, 0.6) is 17.2 Å². The van der Waals surface area contributed by atoms with E-state index < -0.39 is 5.97 Å². The summed E-state index contributed by atoms with van der Waals surface area (Å²) in [4.78, 5) is 11.9. The highest BCUT2D eigenvalue weighted by Gasteiger charge is 2.08. The molecule has 0 bridgehead atoms. The molecule has 1 N–H and O–H groups in total. The number of carbonyl (C=O) groups is 1. The maximum atomic E-state index is 11.9. The Morgan fingerprint density at radius 1 is 1.00 bits per heavy atom. The number of phenolic OH excluding ortho intramolecular Hbond substituents is 1. The van der Waals surface area contributed by atoms with Crippen LogP contribution in [0.4, 0.5) is 0 Å². The topological polar surface area (TPSA) is 55.8 Å². The molecule has 0 amide bonds. The van der Waals surface area contributed by atoms with E-state index in [0.29, 0.717) is 11.5 Å². The average molecular weight is 310 g/mol. The highest BCUT2D eigenvalue weighted by molar-refractivity contribution is 5.89. The normalized spacial score (nSPS) is 11.0. The van der Waals surface area contributed by atoms with Crippen LogP contribution >= 0.6 is 0 Å². The molecule has 0 saturated carbocycles. The zero-order valence-electron chi connectivity index (χ0n) is 13.0. The van der Waals surface area contributed by atoms with Gasteiger partial charge in [-0.2, -0.15) is 0 Å². The number of hydrogen-bond donors (Lipinski definition) is 1. The first kappa shape index (κ1) is 16.4. The summed E-state index contributed by atoms with van der Waals surface area (Å²) >= 11 is 0. The monoisotopic (exact) mass is 310 g/mol. The molecule has 0 aromatic heterocycles. The number of carbonyl (C=O) groups excluding carboxylic acids is 1. The third kappa shape index (κ3) is 4.74. The number of allylic oxidation sites excluding steroid dienone is 1. The predicted molar refractivity (Wildman–Crippen MR) is 90.5 cm³/mol. The second-order valence-corrected chi connectivity index (χ2v) is 4.76. The Hall–Kier alpha value is -3.01. The number of phenols is 1. The molecule has 0 saturated heterocycles. The molecule has 4 heteroatoms. The number of rotatable bonds is 5. The number of esters is 1. The summed E-state index contributed by atoms with van der Waals surface area (Å²) in [7, 11) is 1.53. The molecule has 0 heterocycles. The van der Waals surface area contributed by atoms with E-state index in [1.165, 1.54) is 13.2 Å². The third-order valence-electron chi connectivity index (χ3n) is 3.06. The molecule has 4 nitrogen and oxygen atoms in total. The zero-order valence-corrected chi connectivity index (χ0v) is 13.0. The van der Waals surface area contributed by atoms with Gasteiger partial charge in [-0.15, -0.1) is 0 Å². The highest BCUT2D eigenvalue weighted by atomic mass is 16.6. The van der Waals surface area contributed by atoms with Gasteiger partial charge in [0.1, 0.15) is 5.75 Å². The number of methoxy groups -OCH3 is 1. The van der Waals surface area contributed by atoms with E-state index >= 15 is 0 Å². The van der Waals surface area contributed by atoms with Gasteiger partial charge in [0.05, 0.1) is 7.11 Å². The van der Waals surface area contributed by atoms with Gasteiger partial charge in [-0.3, -0.25) is 0 Å². The second kappa shape index (κ2) is 7.84. The first-order valence-electron chi connectivity index (χ1n) is 7.12. The Morgan fingerprint density at radius 3 is 2.35 bits per heavy atom. The van der Waals surface area contributed by atoms with E-state index in [9.17, 15) is 9.90 Å². The molecule has 0 atom stereocenters. The minimum atomic E-state index is -0.504. The smallest absolute Gasteiger partial charge is 0.336 e. The lowest BCUT2D eigenvalue weighted by molar-refractivity contribution is -0.129. The van der Waals surface area contributed by atoms with Gasteiger partial charge in [0.2, 0.25) is 0 Å². The highest BCUT2D eigenvalue weighted by Crippen LogP contribution is 2.28. The van der Waals surface area contributed by atoms with Gasteiger partial charge in [0.15, 0.2) is 11.5 Å². The van der Waals surface area contributed by atoms with Gasteiger partial charge in [-0.25, -0.2) is 4.79 Å². The van der Waals surface area contributed by atoms with Crippen molar-refractivity contribution in [2.45, 2.75) is 6.92 Å². The number of hydrogen-bond acceptors (Lipinski definition) is 4. The van der Waals surface area contributed by atoms with E-state index in [-0.39, 0.29) is 5.75 Å². The summed E-state index contributed by atoms with van der Waals surface area (Å²) in [6, 6.07) is 11.8. The number of benzene rings is 2. The van der Waals surface area contributed by atoms with E-state index in [0.717, 1.165) is 11.1 Å². The van der Waals surface area contributed by atoms with Crippen LogP contribution in [0.15, 0.2) is 54.6 Å². The molecule has 0 spiro atoms. The Balaban J connectivity index is 2.09. The standard InChI is InChI=1S/C19H18O4/c1-3-4-15-7-11-17(18(13-15)22-2)23-19(21)12-8-14-5-9-16(20)10-6-14/h3-13,20H,1-2H3. The van der Waals surface area contributed by atoms with Crippen molar-refractivity contribution < 1.29 is 19.4 Å². The largest absolute Gasteiger partial charge is 0.508 e. The number of ether oxygens (including phenoxy) is 2. The Bertz CT molecular complexity index is 728. The molecule has 0 aliphatic heterocycles. The minimum Gasteiger partial charge on any atom is -0.508 e. The van der Waals surface area contributed by atoms with Gasteiger partial charge in [-0.05, 0) is 48.4 Å². The van der Waals surface area contributed by atoms with Crippen molar-refractivity contribution >= 4 is 18.1 Å². The van der Waals surface area contributed by atoms with Gasteiger partial charge in [-0.1, -0.05) is 30.4 Å². The zero-order chi connectivity index (χ0) is 16.7. The SMILES string of the molecule is CC=Cc1ccc(OC(=O)C=Cc2ccc(O)cc2)c(OC)c1. The van der Waals surface area contributed by atoms with E-state index in [2.05, 4.69) is 0 Å². The van der Waals surface area contributed by atoms with E-state index in [1.807, 2.05) is 25.1 Å². The Kier molecular flexibility index (Phi) is 5.58. The van der Waals surface area contributed by atoms with Crippen LogP contribution in [0, 0.1) is 0 Å². The lowest BCUT2D eigenvalue weighted by atomic mass is 10.2. The molecule has 0 aliphatic carbocycles. The minimum absolute atomic E-state index is 0.177. The van der Waals surface area contributed by atoms with Crippen LogP contribution in [-0.2, 0) is 4.79 Å². The van der Waals surface area contributed by atoms with Crippen LogP contribution in [0.2, 0.25) is 0 Å². The average Bonchev–Trinajstić information content (AvgIpc) is 2.56. The first-order chi connectivity index (χ1) is 11.1. The van der Waals surface area contributed by atoms with Gasteiger partial charge < -0.3 is 14.6 Å². The van der Waals surface area contributed by atoms with Gasteiger partial charge >= 0.3 is 5.97 Å². The summed E-state index contributed by atoms with van der Waals surface area (Å²) in [6.45, 7) is 1.93. The lowest BCUT2D eigenvalue weighted by Gasteiger charge is -2.08. The summed E-state index contributed by atoms with van der Waals surface area (Å²) in [5.41, 5.74) is 1.75. The summed E-state index contributed by atoms with van der Waals surface area (Å²) in [6.07, 6.45) is 6.79. The molecule has 2 aromatic carbocycles. The van der Waals surface area contributed by atoms with Crippen molar-refractivity contribution in [3.8, 4) is 17.2 Å². The fraction of sp³-hybridized carbons (Fsp3) is 0.105. The summed E-state index contributed by atoms with van der Waals surface area (Å²) in [5, 5.41) is 9.21. The quantitative estimate of drug-likeness (QED) is 0.514. The van der Waals surface area contributed by atoms with Crippen LogP contribution in [0.1, 0.15) is 18.1 Å². The second-order valence-electron chi connectivity index (χ2n) is 4.76. The molecule has 0 aliphatic rings. The summed E-state index contributed by atoms with van der Waals surface area (Å²) in [5.74, 6) is 0.527. The maximum absolute atomic E-state index is 11.9. The van der Waals surface area contributed by atoms with Crippen LogP contribution in [-0.4, -0.2) is 18.2 Å². The van der Waals surface area contributed by atoms with Crippen molar-refractivity contribution in [2.24, 2.45) is 0 Å². The molecule has 118 valence electrons.